The van der Waals surface area contributed by atoms with Crippen LogP contribution in [0.25, 0.3) is 31.4 Å². The summed E-state index contributed by atoms with van der Waals surface area (Å²) in [7, 11) is 0. The average molecular weight is 296 g/mol. The topological polar surface area (TPSA) is 45.8 Å². The molecule has 0 fully saturated rings. The van der Waals surface area contributed by atoms with Gasteiger partial charge >= 0.3 is 0 Å². The highest BCUT2D eigenvalue weighted by molar-refractivity contribution is 7.22. The van der Waals surface area contributed by atoms with Crippen LogP contribution in [0.2, 0.25) is 0 Å². The highest BCUT2D eigenvalue weighted by Gasteiger charge is 2.12. The molecule has 0 radical (unpaired) electrons. The van der Waals surface area contributed by atoms with Crippen molar-refractivity contribution in [1.29, 1.82) is 0 Å². The Morgan fingerprint density at radius 3 is 2.71 bits per heavy atom. The average Bonchev–Trinajstić information content (AvgIpc) is 2.93. The Kier molecular flexibility index (Phi) is 2.62. The van der Waals surface area contributed by atoms with E-state index in [2.05, 4.69) is 9.97 Å². The van der Waals surface area contributed by atoms with Gasteiger partial charge in [0.05, 0.1) is 11.8 Å². The van der Waals surface area contributed by atoms with Gasteiger partial charge in [0.1, 0.15) is 10.5 Å². The molecule has 0 aliphatic carbocycles. The molecular weight excluding hydrogens is 287 g/mol. The van der Waals surface area contributed by atoms with Gasteiger partial charge in [-0.15, -0.1) is 11.3 Å². The van der Waals surface area contributed by atoms with Crippen molar-refractivity contribution in [2.45, 2.75) is 0 Å². The highest BCUT2D eigenvalue weighted by atomic mass is 32.1. The Balaban J connectivity index is 2.07. The van der Waals surface area contributed by atoms with E-state index in [1.54, 1.807) is 12.1 Å². The van der Waals surface area contributed by atoms with Crippen LogP contribution in [0.1, 0.15) is 0 Å². The lowest BCUT2D eigenvalue weighted by Gasteiger charge is -2.05. The van der Waals surface area contributed by atoms with Crippen molar-refractivity contribution in [2.24, 2.45) is 0 Å². The summed E-state index contributed by atoms with van der Waals surface area (Å²) in [5.41, 5.74) is 1.42. The molecule has 0 saturated heterocycles. The van der Waals surface area contributed by atoms with Crippen LogP contribution in [-0.4, -0.2) is 9.97 Å². The molecule has 4 rings (SSSR count). The lowest BCUT2D eigenvalue weighted by atomic mass is 10.0. The first-order valence-corrected chi connectivity index (χ1v) is 7.20. The number of H-pyrrole nitrogens is 1. The Morgan fingerprint density at radius 2 is 1.90 bits per heavy atom. The van der Waals surface area contributed by atoms with Gasteiger partial charge in [0, 0.05) is 10.3 Å². The van der Waals surface area contributed by atoms with E-state index in [1.165, 1.54) is 23.7 Å². The zero-order chi connectivity index (χ0) is 14.4. The molecule has 2 aromatic heterocycles. The monoisotopic (exact) mass is 296 g/mol. The van der Waals surface area contributed by atoms with Crippen molar-refractivity contribution < 1.29 is 4.39 Å². The summed E-state index contributed by atoms with van der Waals surface area (Å²) >= 11 is 1.37. The summed E-state index contributed by atoms with van der Waals surface area (Å²) in [6.07, 6.45) is 1.39. The molecule has 2 aromatic carbocycles. The van der Waals surface area contributed by atoms with E-state index in [9.17, 15) is 9.18 Å². The Bertz CT molecular complexity index is 1040. The number of fused-ring (bicyclic) bond motifs is 2. The van der Waals surface area contributed by atoms with Gasteiger partial charge in [-0.2, -0.15) is 0 Å². The van der Waals surface area contributed by atoms with Gasteiger partial charge in [0.25, 0.3) is 5.56 Å². The largest absolute Gasteiger partial charge is 0.312 e. The summed E-state index contributed by atoms with van der Waals surface area (Å²) in [4.78, 5) is 19.4. The second-order valence-electron chi connectivity index (χ2n) is 4.70. The van der Waals surface area contributed by atoms with Crippen molar-refractivity contribution >= 4 is 32.3 Å². The van der Waals surface area contributed by atoms with Crippen LogP contribution < -0.4 is 5.56 Å². The minimum atomic E-state index is -0.244. The number of benzene rings is 2. The maximum absolute atomic E-state index is 13.9. The molecule has 4 aromatic rings. The first-order chi connectivity index (χ1) is 10.2. The van der Waals surface area contributed by atoms with Crippen molar-refractivity contribution in [3.05, 3.63) is 65.0 Å². The number of hydrogen-bond acceptors (Lipinski definition) is 3. The number of rotatable bonds is 1. The molecule has 0 aliphatic heterocycles. The van der Waals surface area contributed by atoms with Crippen molar-refractivity contribution in [2.75, 3.05) is 0 Å². The second-order valence-corrected chi connectivity index (χ2v) is 5.75. The van der Waals surface area contributed by atoms with Crippen molar-refractivity contribution in [1.82, 2.24) is 9.97 Å². The first-order valence-electron chi connectivity index (χ1n) is 6.39. The van der Waals surface area contributed by atoms with Crippen LogP contribution in [0.3, 0.4) is 0 Å². The molecule has 0 saturated carbocycles. The summed E-state index contributed by atoms with van der Waals surface area (Å²) in [6, 6.07) is 12.4. The molecule has 0 amide bonds. The number of hydrogen-bond donors (Lipinski definition) is 1. The van der Waals surface area contributed by atoms with Gasteiger partial charge < -0.3 is 4.98 Å². The fourth-order valence-corrected chi connectivity index (χ4v) is 3.52. The van der Waals surface area contributed by atoms with Gasteiger partial charge in [0.15, 0.2) is 0 Å². The van der Waals surface area contributed by atoms with Gasteiger partial charge in [-0.1, -0.05) is 30.3 Å². The fraction of sp³-hybridized carbons (Fsp3) is 0. The molecular formula is C16H9FN2OS. The third kappa shape index (κ3) is 1.86. The molecule has 0 aliphatic rings. The number of nitrogens with zero attached hydrogens (tertiary/aromatic N) is 1. The van der Waals surface area contributed by atoms with Gasteiger partial charge in [-0.25, -0.2) is 9.37 Å². The smallest absolute Gasteiger partial charge is 0.268 e. The quantitative estimate of drug-likeness (QED) is 0.578. The summed E-state index contributed by atoms with van der Waals surface area (Å²) in [6.45, 7) is 0. The van der Waals surface area contributed by atoms with Crippen LogP contribution in [0.5, 0.6) is 0 Å². The number of nitrogens with one attached hydrogen (secondary N) is 1. The van der Waals surface area contributed by atoms with Crippen LogP contribution >= 0.6 is 11.3 Å². The number of thiophene rings is 1. The van der Waals surface area contributed by atoms with E-state index in [0.29, 0.717) is 15.6 Å². The Labute approximate surface area is 122 Å². The summed E-state index contributed by atoms with van der Waals surface area (Å²) < 4.78 is 14.5. The molecule has 2 heterocycles. The zero-order valence-electron chi connectivity index (χ0n) is 10.8. The van der Waals surface area contributed by atoms with E-state index >= 15 is 0 Å². The first kappa shape index (κ1) is 12.2. The number of aromatic nitrogens is 2. The van der Waals surface area contributed by atoms with Crippen molar-refractivity contribution in [3.8, 4) is 10.4 Å². The minimum absolute atomic E-state index is 0.150. The highest BCUT2D eigenvalue weighted by Crippen LogP contribution is 2.36. The standard InChI is InChI=1S/C16H9FN2OS/c17-12-6-5-11(9-3-1-2-4-10(9)12)14-7-13-15(21-14)16(20)19-8-18-13/h1-8H,(H,18,19,20). The summed E-state index contributed by atoms with van der Waals surface area (Å²) in [5, 5.41) is 1.41. The number of halogens is 1. The van der Waals surface area contributed by atoms with Gasteiger partial charge in [-0.3, -0.25) is 4.79 Å². The molecule has 3 nitrogen and oxygen atoms in total. The van der Waals surface area contributed by atoms with Crippen molar-refractivity contribution in [3.63, 3.8) is 0 Å². The molecule has 1 N–H and O–H groups in total. The fourth-order valence-electron chi connectivity index (χ4n) is 2.48. The zero-order valence-corrected chi connectivity index (χ0v) is 11.6. The molecule has 0 unspecified atom stereocenters. The van der Waals surface area contributed by atoms with Gasteiger partial charge in [-0.05, 0) is 23.1 Å². The van der Waals surface area contributed by atoms with Crippen LogP contribution in [0, 0.1) is 5.82 Å². The lowest BCUT2D eigenvalue weighted by Crippen LogP contribution is -2.02. The van der Waals surface area contributed by atoms with E-state index in [0.717, 1.165) is 15.8 Å². The normalized spacial score (nSPS) is 11.3. The predicted molar refractivity (Wildman–Crippen MR) is 83.1 cm³/mol. The Hall–Kier alpha value is -2.53. The third-order valence-electron chi connectivity index (χ3n) is 3.45. The third-order valence-corrected chi connectivity index (χ3v) is 4.61. The predicted octanol–water partition coefficient (Wildman–Crippen LogP) is 3.94. The van der Waals surface area contributed by atoms with E-state index in [-0.39, 0.29) is 11.4 Å². The maximum atomic E-state index is 13.9. The maximum Gasteiger partial charge on any atom is 0.268 e. The molecule has 0 atom stereocenters. The van der Waals surface area contributed by atoms with Crippen LogP contribution in [0.4, 0.5) is 4.39 Å². The molecule has 0 spiro atoms. The summed E-state index contributed by atoms with van der Waals surface area (Å²) in [5.74, 6) is -0.244. The molecule has 5 heteroatoms. The van der Waals surface area contributed by atoms with E-state index in [1.807, 2.05) is 24.3 Å². The number of aromatic amines is 1. The molecule has 102 valence electrons. The lowest BCUT2D eigenvalue weighted by molar-refractivity contribution is 0.640. The van der Waals surface area contributed by atoms with E-state index in [4.69, 9.17) is 0 Å². The molecule has 0 bridgehead atoms. The van der Waals surface area contributed by atoms with E-state index < -0.39 is 0 Å². The SMILES string of the molecule is O=c1[nH]cnc2cc(-c3ccc(F)c4ccccc34)sc12. The Morgan fingerprint density at radius 1 is 1.10 bits per heavy atom. The van der Waals surface area contributed by atoms with Crippen LogP contribution in [0.15, 0.2) is 53.6 Å². The molecule has 21 heavy (non-hydrogen) atoms. The van der Waals surface area contributed by atoms with Crippen LogP contribution in [-0.2, 0) is 0 Å². The van der Waals surface area contributed by atoms with Gasteiger partial charge in [0.2, 0.25) is 0 Å². The minimum Gasteiger partial charge on any atom is -0.312 e. The second kappa shape index (κ2) is 4.49.